The summed E-state index contributed by atoms with van der Waals surface area (Å²) in [7, 11) is 0. The Labute approximate surface area is 188 Å². The van der Waals surface area contributed by atoms with Crippen LogP contribution in [0.15, 0.2) is 59.3 Å². The third-order valence-corrected chi connectivity index (χ3v) is 4.88. The number of amides is 3. The van der Waals surface area contributed by atoms with Gasteiger partial charge in [-0.15, -0.1) is 0 Å². The molecule has 4 rings (SSSR count). The van der Waals surface area contributed by atoms with Crippen molar-refractivity contribution in [3.05, 3.63) is 66.1 Å². The van der Waals surface area contributed by atoms with E-state index >= 15 is 0 Å². The molecule has 0 saturated heterocycles. The summed E-state index contributed by atoms with van der Waals surface area (Å²) in [5, 5.41) is 10.2. The Balaban J connectivity index is 1.68. The third kappa shape index (κ3) is 4.59. The number of rotatable bonds is 7. The number of carbonyl (C=O) groups excluding carboxylic acids is 3. The fourth-order valence-electron chi connectivity index (χ4n) is 3.34. The second-order valence-electron chi connectivity index (χ2n) is 7.64. The van der Waals surface area contributed by atoms with E-state index in [-0.39, 0.29) is 18.2 Å². The van der Waals surface area contributed by atoms with Crippen molar-refractivity contribution >= 4 is 34.4 Å². The van der Waals surface area contributed by atoms with Crippen LogP contribution in [-0.4, -0.2) is 39.0 Å². The van der Waals surface area contributed by atoms with Gasteiger partial charge in [-0.2, -0.15) is 5.10 Å². The number of nitrogens with zero attached hydrogens (tertiary/aromatic N) is 3. The molecule has 0 aliphatic heterocycles. The van der Waals surface area contributed by atoms with Crippen LogP contribution in [0.2, 0.25) is 0 Å². The first-order chi connectivity index (χ1) is 15.8. The molecule has 0 saturated carbocycles. The number of benzene rings is 1. The smallest absolute Gasteiger partial charge is 0.256 e. The Hall–Kier alpha value is -4.47. The number of furan rings is 1. The maximum atomic E-state index is 13.3. The van der Waals surface area contributed by atoms with Gasteiger partial charge in [0.25, 0.3) is 11.8 Å². The summed E-state index contributed by atoms with van der Waals surface area (Å²) in [5.74, 6) is -0.998. The molecule has 10 nitrogen and oxygen atoms in total. The molecule has 4 N–H and O–H groups in total. The van der Waals surface area contributed by atoms with Crippen LogP contribution < -0.4 is 16.4 Å². The monoisotopic (exact) mass is 446 g/mol. The number of primary amides is 1. The third-order valence-electron chi connectivity index (χ3n) is 4.88. The molecule has 4 aromatic rings. The molecule has 3 heterocycles. The highest BCUT2D eigenvalue weighted by Crippen LogP contribution is 2.27. The zero-order valence-corrected chi connectivity index (χ0v) is 18.0. The van der Waals surface area contributed by atoms with Gasteiger partial charge in [0.1, 0.15) is 5.69 Å². The second-order valence-corrected chi connectivity index (χ2v) is 7.64. The number of fused-ring (bicyclic) bond motifs is 1. The van der Waals surface area contributed by atoms with Crippen molar-refractivity contribution in [2.24, 2.45) is 5.73 Å². The first-order valence-electron chi connectivity index (χ1n) is 10.2. The molecule has 0 fully saturated rings. The molecule has 0 aliphatic carbocycles. The number of aromatic nitrogens is 3. The lowest BCUT2D eigenvalue weighted by Crippen LogP contribution is -2.33. The maximum absolute atomic E-state index is 13.3. The topological polar surface area (TPSA) is 145 Å². The first-order valence-corrected chi connectivity index (χ1v) is 10.2. The largest absolute Gasteiger partial charge is 0.463 e. The van der Waals surface area contributed by atoms with Crippen molar-refractivity contribution in [1.82, 2.24) is 20.1 Å². The maximum Gasteiger partial charge on any atom is 0.256 e. The minimum atomic E-state index is -0.649. The summed E-state index contributed by atoms with van der Waals surface area (Å²) in [5.41, 5.74) is 7.17. The van der Waals surface area contributed by atoms with E-state index in [0.717, 1.165) is 0 Å². The Morgan fingerprint density at radius 3 is 2.64 bits per heavy atom. The van der Waals surface area contributed by atoms with Crippen LogP contribution in [0.1, 0.15) is 40.6 Å². The fraction of sp³-hybridized carbons (Fsp3) is 0.174. The van der Waals surface area contributed by atoms with Gasteiger partial charge in [0, 0.05) is 17.3 Å². The van der Waals surface area contributed by atoms with Crippen LogP contribution in [0.25, 0.3) is 22.5 Å². The zero-order chi connectivity index (χ0) is 23.5. The van der Waals surface area contributed by atoms with Gasteiger partial charge in [-0.25, -0.2) is 9.67 Å². The minimum Gasteiger partial charge on any atom is -0.463 e. The lowest BCUT2D eigenvalue weighted by atomic mass is 10.1. The van der Waals surface area contributed by atoms with E-state index in [9.17, 15) is 14.4 Å². The van der Waals surface area contributed by atoms with Crippen molar-refractivity contribution in [2.45, 2.75) is 19.9 Å². The average Bonchev–Trinajstić information content (AvgIpc) is 3.47. The molecule has 0 aliphatic rings. The van der Waals surface area contributed by atoms with E-state index in [4.69, 9.17) is 10.2 Å². The van der Waals surface area contributed by atoms with Gasteiger partial charge >= 0.3 is 0 Å². The highest BCUT2D eigenvalue weighted by molar-refractivity contribution is 6.13. The number of pyridine rings is 1. The standard InChI is InChI=1S/C23H22N6O4/c1-13(2)29-21-17(11-26-29)16(10-18(28-21)19-7-4-8-33-19)23(32)27-15-6-3-5-14(9-15)22(31)25-12-20(24)30/h3-11,13H,12H2,1-2H3,(H2,24,30)(H,25,31)(H,27,32). The van der Waals surface area contributed by atoms with E-state index in [2.05, 4.69) is 20.7 Å². The fourth-order valence-corrected chi connectivity index (χ4v) is 3.34. The van der Waals surface area contributed by atoms with Crippen LogP contribution in [-0.2, 0) is 4.79 Å². The predicted molar refractivity (Wildman–Crippen MR) is 122 cm³/mol. The number of hydrogen-bond acceptors (Lipinski definition) is 6. The van der Waals surface area contributed by atoms with Crippen LogP contribution in [0.3, 0.4) is 0 Å². The van der Waals surface area contributed by atoms with Gasteiger partial charge in [0.2, 0.25) is 5.91 Å². The van der Waals surface area contributed by atoms with Crippen molar-refractivity contribution in [3.8, 4) is 11.5 Å². The molecular weight excluding hydrogens is 424 g/mol. The minimum absolute atomic E-state index is 0.0355. The second kappa shape index (κ2) is 8.95. The van der Waals surface area contributed by atoms with Gasteiger partial charge in [0.05, 0.1) is 30.0 Å². The molecule has 168 valence electrons. The Kier molecular flexibility index (Phi) is 5.90. The molecule has 3 amide bonds. The van der Waals surface area contributed by atoms with Gasteiger partial charge in [-0.3, -0.25) is 14.4 Å². The first kappa shape index (κ1) is 21.8. The quantitative estimate of drug-likeness (QED) is 0.398. The molecule has 0 spiro atoms. The molecular formula is C23H22N6O4. The van der Waals surface area contributed by atoms with Crippen molar-refractivity contribution in [2.75, 3.05) is 11.9 Å². The van der Waals surface area contributed by atoms with E-state index < -0.39 is 17.7 Å². The number of carbonyl (C=O) groups is 3. The van der Waals surface area contributed by atoms with E-state index in [0.29, 0.717) is 33.7 Å². The average molecular weight is 446 g/mol. The highest BCUT2D eigenvalue weighted by Gasteiger charge is 2.20. The summed E-state index contributed by atoms with van der Waals surface area (Å²) < 4.78 is 7.22. The normalized spacial score (nSPS) is 11.0. The van der Waals surface area contributed by atoms with Crippen molar-refractivity contribution < 1.29 is 18.8 Å². The number of nitrogens with one attached hydrogen (secondary N) is 2. The van der Waals surface area contributed by atoms with Crippen LogP contribution in [0.4, 0.5) is 5.69 Å². The molecule has 0 atom stereocenters. The molecule has 0 radical (unpaired) electrons. The predicted octanol–water partition coefficient (Wildman–Crippen LogP) is 2.74. The van der Waals surface area contributed by atoms with Crippen LogP contribution in [0, 0.1) is 0 Å². The van der Waals surface area contributed by atoms with Crippen LogP contribution in [0.5, 0.6) is 0 Å². The zero-order valence-electron chi connectivity index (χ0n) is 18.0. The Morgan fingerprint density at radius 2 is 1.94 bits per heavy atom. The Bertz CT molecular complexity index is 1340. The van der Waals surface area contributed by atoms with Crippen LogP contribution >= 0.6 is 0 Å². The summed E-state index contributed by atoms with van der Waals surface area (Å²) in [6.07, 6.45) is 3.15. The van der Waals surface area contributed by atoms with Crippen molar-refractivity contribution in [1.29, 1.82) is 0 Å². The van der Waals surface area contributed by atoms with Crippen molar-refractivity contribution in [3.63, 3.8) is 0 Å². The van der Waals surface area contributed by atoms with E-state index in [1.807, 2.05) is 13.8 Å². The Morgan fingerprint density at radius 1 is 1.12 bits per heavy atom. The summed E-state index contributed by atoms with van der Waals surface area (Å²) in [6, 6.07) is 11.6. The molecule has 3 aromatic heterocycles. The highest BCUT2D eigenvalue weighted by atomic mass is 16.3. The van der Waals surface area contributed by atoms with Gasteiger partial charge < -0.3 is 20.8 Å². The molecule has 10 heteroatoms. The lowest BCUT2D eigenvalue weighted by molar-refractivity contribution is -0.117. The number of nitrogens with two attached hydrogens (primary N) is 1. The molecule has 0 unspecified atom stereocenters. The van der Waals surface area contributed by atoms with E-state index in [1.165, 1.54) is 12.3 Å². The van der Waals surface area contributed by atoms with Gasteiger partial charge in [0.15, 0.2) is 11.4 Å². The van der Waals surface area contributed by atoms with Gasteiger partial charge in [-0.05, 0) is 50.2 Å². The summed E-state index contributed by atoms with van der Waals surface area (Å²) in [6.45, 7) is 3.67. The lowest BCUT2D eigenvalue weighted by Gasteiger charge is -2.11. The summed E-state index contributed by atoms with van der Waals surface area (Å²) >= 11 is 0. The number of anilines is 1. The molecule has 0 bridgehead atoms. The molecule has 1 aromatic carbocycles. The SMILES string of the molecule is CC(C)n1ncc2c(C(=O)Nc3cccc(C(=O)NCC(N)=O)c3)cc(-c3ccco3)nc21. The van der Waals surface area contributed by atoms with E-state index in [1.54, 1.807) is 47.3 Å². The van der Waals surface area contributed by atoms with Gasteiger partial charge in [-0.1, -0.05) is 6.07 Å². The number of hydrogen-bond donors (Lipinski definition) is 3. The molecule has 33 heavy (non-hydrogen) atoms. The summed E-state index contributed by atoms with van der Waals surface area (Å²) in [4.78, 5) is 41.0.